The molecule has 9 nitrogen and oxygen atoms in total. The summed E-state index contributed by atoms with van der Waals surface area (Å²) in [6.45, 7) is 3.88. The molecular weight excluding hydrogens is 308 g/mol. The van der Waals surface area contributed by atoms with Crippen molar-refractivity contribution in [3.63, 3.8) is 0 Å². The van der Waals surface area contributed by atoms with Crippen LogP contribution in [0.5, 0.6) is 0 Å². The minimum absolute atomic E-state index is 0.123. The third-order valence-corrected chi connectivity index (χ3v) is 4.21. The van der Waals surface area contributed by atoms with E-state index in [-0.39, 0.29) is 11.9 Å². The first-order chi connectivity index (χ1) is 11.7. The molecular formula is C15H16N8O. The number of aromatic nitrogens is 7. The Hall–Kier alpha value is -3.10. The summed E-state index contributed by atoms with van der Waals surface area (Å²) in [5.74, 6) is 0.747. The van der Waals surface area contributed by atoms with Crippen molar-refractivity contribution in [2.45, 2.75) is 26.1 Å². The van der Waals surface area contributed by atoms with Gasteiger partial charge in [-0.1, -0.05) is 0 Å². The van der Waals surface area contributed by atoms with E-state index >= 15 is 0 Å². The number of hydrogen-bond acceptors (Lipinski definition) is 6. The summed E-state index contributed by atoms with van der Waals surface area (Å²) in [5.41, 5.74) is 1.40. The Morgan fingerprint density at radius 1 is 1.21 bits per heavy atom. The highest BCUT2D eigenvalue weighted by molar-refractivity contribution is 5.92. The van der Waals surface area contributed by atoms with Crippen molar-refractivity contribution >= 4 is 5.91 Å². The molecule has 1 aliphatic heterocycles. The fourth-order valence-electron chi connectivity index (χ4n) is 3.00. The van der Waals surface area contributed by atoms with Crippen LogP contribution >= 0.6 is 0 Å². The third-order valence-electron chi connectivity index (χ3n) is 4.21. The van der Waals surface area contributed by atoms with E-state index in [1.807, 2.05) is 13.1 Å². The highest BCUT2D eigenvalue weighted by Gasteiger charge is 2.31. The van der Waals surface area contributed by atoms with Gasteiger partial charge in [0.1, 0.15) is 24.2 Å². The lowest BCUT2D eigenvalue weighted by Crippen LogP contribution is -2.42. The van der Waals surface area contributed by atoms with Crippen molar-refractivity contribution in [2.75, 3.05) is 6.54 Å². The molecule has 0 bridgehead atoms. The van der Waals surface area contributed by atoms with Crippen LogP contribution in [-0.4, -0.2) is 51.6 Å². The largest absolute Gasteiger partial charge is 0.327 e. The highest BCUT2D eigenvalue weighted by atomic mass is 16.2. The van der Waals surface area contributed by atoms with Gasteiger partial charge in [0.25, 0.3) is 5.91 Å². The second kappa shape index (κ2) is 5.84. The molecule has 24 heavy (non-hydrogen) atoms. The van der Waals surface area contributed by atoms with Crippen LogP contribution in [-0.2, 0) is 13.1 Å². The van der Waals surface area contributed by atoms with Gasteiger partial charge in [-0.05, 0) is 6.92 Å². The van der Waals surface area contributed by atoms with Crippen LogP contribution < -0.4 is 0 Å². The number of amides is 1. The van der Waals surface area contributed by atoms with E-state index in [1.165, 1.54) is 18.7 Å². The fourth-order valence-corrected chi connectivity index (χ4v) is 3.00. The summed E-state index contributed by atoms with van der Waals surface area (Å²) in [6.07, 6.45) is 9.60. The molecule has 1 aliphatic rings. The van der Waals surface area contributed by atoms with E-state index in [1.54, 1.807) is 22.1 Å². The second-order valence-corrected chi connectivity index (χ2v) is 5.62. The van der Waals surface area contributed by atoms with Gasteiger partial charge in [0.15, 0.2) is 0 Å². The van der Waals surface area contributed by atoms with Gasteiger partial charge in [-0.2, -0.15) is 5.10 Å². The Morgan fingerprint density at radius 3 is 2.88 bits per heavy atom. The minimum atomic E-state index is -0.127. The average Bonchev–Trinajstić information content (AvgIpc) is 3.27. The Kier molecular flexibility index (Phi) is 3.52. The van der Waals surface area contributed by atoms with Gasteiger partial charge in [-0.15, -0.1) is 0 Å². The first-order valence-corrected chi connectivity index (χ1v) is 7.67. The monoisotopic (exact) mass is 324 g/mol. The Labute approximate surface area is 138 Å². The lowest BCUT2D eigenvalue weighted by atomic mass is 10.2. The van der Waals surface area contributed by atoms with Crippen molar-refractivity contribution in [1.82, 2.24) is 39.2 Å². The quantitative estimate of drug-likeness (QED) is 0.697. The highest BCUT2D eigenvalue weighted by Crippen LogP contribution is 2.26. The predicted octanol–water partition coefficient (Wildman–Crippen LogP) is 0.530. The van der Waals surface area contributed by atoms with Gasteiger partial charge >= 0.3 is 0 Å². The smallest absolute Gasteiger partial charge is 0.274 e. The predicted molar refractivity (Wildman–Crippen MR) is 82.8 cm³/mol. The van der Waals surface area contributed by atoms with Gasteiger partial charge in [-0.25, -0.2) is 19.6 Å². The fraction of sp³-hybridized carbons (Fsp3) is 0.333. The van der Waals surface area contributed by atoms with Crippen LogP contribution in [0.25, 0.3) is 0 Å². The zero-order chi connectivity index (χ0) is 16.5. The molecule has 9 heteroatoms. The summed E-state index contributed by atoms with van der Waals surface area (Å²) >= 11 is 0. The molecule has 0 fully saturated rings. The molecule has 0 saturated carbocycles. The average molecular weight is 324 g/mol. The van der Waals surface area contributed by atoms with E-state index in [4.69, 9.17) is 0 Å². The Balaban J connectivity index is 1.58. The van der Waals surface area contributed by atoms with Gasteiger partial charge in [-0.3, -0.25) is 9.78 Å². The molecule has 0 N–H and O–H groups in total. The number of carbonyl (C=O) groups is 1. The topological polar surface area (TPSA) is 94.6 Å². The molecule has 4 rings (SSSR count). The van der Waals surface area contributed by atoms with Gasteiger partial charge in [0, 0.05) is 25.5 Å². The number of rotatable bonds is 3. The number of nitrogens with zero attached hydrogens (tertiary/aromatic N) is 8. The summed E-state index contributed by atoms with van der Waals surface area (Å²) in [5, 5.41) is 4.13. The molecule has 4 heterocycles. The maximum absolute atomic E-state index is 12.6. The molecule has 0 radical (unpaired) electrons. The van der Waals surface area contributed by atoms with Crippen LogP contribution in [0.15, 0.2) is 37.4 Å². The molecule has 0 aliphatic carbocycles. The standard InChI is InChI=1S/C15H16N8O/c1-11-14-19-6-12(8-21-10-17-9-20-21)23(14)5-4-22(11)15(24)13-7-16-2-3-18-13/h2-3,6-7,9-11H,4-5,8H2,1H3/t11-/m0/s1. The summed E-state index contributed by atoms with van der Waals surface area (Å²) in [6, 6.07) is -0.127. The maximum atomic E-state index is 12.6. The lowest BCUT2D eigenvalue weighted by molar-refractivity contribution is 0.0629. The molecule has 122 valence electrons. The first kappa shape index (κ1) is 14.5. The zero-order valence-electron chi connectivity index (χ0n) is 13.1. The first-order valence-electron chi connectivity index (χ1n) is 7.67. The second-order valence-electron chi connectivity index (χ2n) is 5.62. The Morgan fingerprint density at radius 2 is 2.12 bits per heavy atom. The Bertz CT molecular complexity index is 842. The van der Waals surface area contributed by atoms with Gasteiger partial charge in [0.05, 0.1) is 30.7 Å². The van der Waals surface area contributed by atoms with E-state index in [0.29, 0.717) is 25.3 Å². The minimum Gasteiger partial charge on any atom is -0.327 e. The van der Waals surface area contributed by atoms with E-state index in [9.17, 15) is 4.79 Å². The molecule has 1 atom stereocenters. The number of imidazole rings is 1. The number of hydrogen-bond donors (Lipinski definition) is 0. The lowest BCUT2D eigenvalue weighted by Gasteiger charge is -2.34. The van der Waals surface area contributed by atoms with Crippen molar-refractivity contribution in [3.05, 3.63) is 54.7 Å². The van der Waals surface area contributed by atoms with Crippen LogP contribution in [0.2, 0.25) is 0 Å². The SMILES string of the molecule is C[C@H]1c2ncc(Cn3cncn3)n2CCN1C(=O)c1cnccn1. The van der Waals surface area contributed by atoms with Crippen molar-refractivity contribution < 1.29 is 4.79 Å². The van der Waals surface area contributed by atoms with Gasteiger partial charge in [0.2, 0.25) is 0 Å². The molecule has 0 saturated heterocycles. The summed E-state index contributed by atoms with van der Waals surface area (Å²) in [4.78, 5) is 31.0. The van der Waals surface area contributed by atoms with Crippen LogP contribution in [0.4, 0.5) is 0 Å². The summed E-state index contributed by atoms with van der Waals surface area (Å²) < 4.78 is 3.90. The maximum Gasteiger partial charge on any atom is 0.274 e. The van der Waals surface area contributed by atoms with Crippen molar-refractivity contribution in [3.8, 4) is 0 Å². The third kappa shape index (κ3) is 2.43. The van der Waals surface area contributed by atoms with Crippen LogP contribution in [0.3, 0.4) is 0 Å². The zero-order valence-corrected chi connectivity index (χ0v) is 13.1. The summed E-state index contributed by atoms with van der Waals surface area (Å²) in [7, 11) is 0. The van der Waals surface area contributed by atoms with E-state index < -0.39 is 0 Å². The van der Waals surface area contributed by atoms with Gasteiger partial charge < -0.3 is 9.47 Å². The van der Waals surface area contributed by atoms with Crippen molar-refractivity contribution in [1.29, 1.82) is 0 Å². The number of carbonyl (C=O) groups excluding carboxylic acids is 1. The van der Waals surface area contributed by atoms with E-state index in [0.717, 1.165) is 11.5 Å². The molecule has 3 aromatic rings. The van der Waals surface area contributed by atoms with Crippen LogP contribution in [0, 0.1) is 0 Å². The molecule has 0 spiro atoms. The molecule has 0 unspecified atom stereocenters. The molecule has 1 amide bonds. The van der Waals surface area contributed by atoms with Crippen LogP contribution in [0.1, 0.15) is 35.0 Å². The molecule has 3 aromatic heterocycles. The normalized spacial score (nSPS) is 16.9. The van der Waals surface area contributed by atoms with Crippen molar-refractivity contribution in [2.24, 2.45) is 0 Å². The number of fused-ring (bicyclic) bond motifs is 1. The molecule has 0 aromatic carbocycles. The van der Waals surface area contributed by atoms with E-state index in [2.05, 4.69) is 29.6 Å².